The Balaban J connectivity index is 2.13. The van der Waals surface area contributed by atoms with Gasteiger partial charge < -0.3 is 11.6 Å². The van der Waals surface area contributed by atoms with Crippen molar-refractivity contribution in [3.8, 4) is 0 Å². The number of hydrazone groups is 1. The molecule has 0 aliphatic rings. The van der Waals surface area contributed by atoms with Gasteiger partial charge in [0.1, 0.15) is 0 Å². The number of nitrogens with two attached hydrogens (primary N) is 2. The Labute approximate surface area is 98.1 Å². The lowest BCUT2D eigenvalue weighted by Gasteiger charge is -2.02. The van der Waals surface area contributed by atoms with Gasteiger partial charge in [-0.05, 0) is 23.3 Å². The number of aromatic nitrogens is 4. The summed E-state index contributed by atoms with van der Waals surface area (Å²) in [5.41, 5.74) is 8.21. The highest BCUT2D eigenvalue weighted by Gasteiger charge is 2.01. The van der Waals surface area contributed by atoms with Crippen molar-refractivity contribution >= 4 is 11.7 Å². The molecule has 1 aromatic heterocycles. The molecule has 0 aliphatic heterocycles. The Hall–Kier alpha value is -2.44. The summed E-state index contributed by atoms with van der Waals surface area (Å²) in [7, 11) is 0. The lowest BCUT2D eigenvalue weighted by Crippen LogP contribution is -2.05. The van der Waals surface area contributed by atoms with E-state index in [9.17, 15) is 0 Å². The molecule has 7 heteroatoms. The fourth-order valence-corrected chi connectivity index (χ4v) is 1.41. The first-order valence-corrected chi connectivity index (χ1v) is 5.06. The summed E-state index contributed by atoms with van der Waals surface area (Å²) >= 11 is 0. The minimum atomic E-state index is 0.174. The number of benzene rings is 1. The van der Waals surface area contributed by atoms with Crippen molar-refractivity contribution in [2.24, 2.45) is 10.9 Å². The molecular formula is C10H13N7. The summed E-state index contributed by atoms with van der Waals surface area (Å²) in [5.74, 6) is 5.38. The molecule has 2 rings (SSSR count). The molecule has 17 heavy (non-hydrogen) atoms. The molecule has 0 amide bonds. The van der Waals surface area contributed by atoms with Gasteiger partial charge in [-0.1, -0.05) is 29.4 Å². The average molecular weight is 231 g/mol. The zero-order chi connectivity index (χ0) is 12.3. The topological polar surface area (TPSA) is 108 Å². The molecule has 1 heterocycles. The van der Waals surface area contributed by atoms with E-state index in [4.69, 9.17) is 11.6 Å². The van der Waals surface area contributed by atoms with Gasteiger partial charge in [0.05, 0.1) is 12.3 Å². The number of nitrogen functional groups attached to an aromatic ring is 1. The van der Waals surface area contributed by atoms with E-state index >= 15 is 0 Å². The Morgan fingerprint density at radius 3 is 2.59 bits per heavy atom. The highest BCUT2D eigenvalue weighted by Crippen LogP contribution is 2.06. The molecule has 0 atom stereocenters. The Morgan fingerprint density at radius 1 is 1.35 bits per heavy atom. The quantitative estimate of drug-likeness (QED) is 0.438. The fourth-order valence-electron chi connectivity index (χ4n) is 1.41. The number of hydrogen-bond acceptors (Lipinski definition) is 6. The zero-order valence-corrected chi connectivity index (χ0v) is 9.41. The molecule has 0 saturated carbocycles. The second-order valence-corrected chi connectivity index (χ2v) is 3.59. The minimum absolute atomic E-state index is 0.174. The van der Waals surface area contributed by atoms with Crippen LogP contribution in [0.3, 0.4) is 0 Å². The van der Waals surface area contributed by atoms with Crippen LogP contribution in [-0.4, -0.2) is 25.9 Å². The molecule has 1 aromatic carbocycles. The van der Waals surface area contributed by atoms with E-state index in [1.54, 1.807) is 0 Å². The maximum absolute atomic E-state index is 5.38. The van der Waals surface area contributed by atoms with Crippen molar-refractivity contribution in [2.45, 2.75) is 13.5 Å². The van der Waals surface area contributed by atoms with Crippen molar-refractivity contribution < 1.29 is 0 Å². The predicted molar refractivity (Wildman–Crippen MR) is 64.2 cm³/mol. The van der Waals surface area contributed by atoms with Gasteiger partial charge >= 0.3 is 0 Å². The number of anilines is 1. The normalized spacial score (nSPS) is 11.7. The van der Waals surface area contributed by atoms with Gasteiger partial charge in [-0.15, -0.1) is 5.10 Å². The molecule has 0 radical (unpaired) electrons. The molecule has 0 spiro atoms. The van der Waals surface area contributed by atoms with Crippen LogP contribution in [0.2, 0.25) is 0 Å². The van der Waals surface area contributed by atoms with Gasteiger partial charge in [0.25, 0.3) is 5.95 Å². The summed E-state index contributed by atoms with van der Waals surface area (Å²) in [6.07, 6.45) is 0. The third-order valence-electron chi connectivity index (χ3n) is 2.36. The number of hydrogen-bond donors (Lipinski definition) is 2. The van der Waals surface area contributed by atoms with E-state index in [1.807, 2.05) is 31.2 Å². The Morgan fingerprint density at radius 2 is 2.06 bits per heavy atom. The molecule has 7 nitrogen and oxygen atoms in total. The summed E-state index contributed by atoms with van der Waals surface area (Å²) in [6.45, 7) is 2.39. The Bertz CT molecular complexity index is 526. The first-order valence-electron chi connectivity index (χ1n) is 5.06. The lowest BCUT2D eigenvalue weighted by atomic mass is 10.1. The second kappa shape index (κ2) is 4.60. The van der Waals surface area contributed by atoms with Crippen LogP contribution in [0.1, 0.15) is 18.1 Å². The van der Waals surface area contributed by atoms with Gasteiger partial charge in [-0.25, -0.2) is 0 Å². The van der Waals surface area contributed by atoms with Crippen LogP contribution >= 0.6 is 0 Å². The van der Waals surface area contributed by atoms with E-state index < -0.39 is 0 Å². The second-order valence-electron chi connectivity index (χ2n) is 3.59. The van der Waals surface area contributed by atoms with Crippen molar-refractivity contribution in [2.75, 3.05) is 5.73 Å². The molecule has 0 aliphatic carbocycles. The summed E-state index contributed by atoms with van der Waals surface area (Å²) in [5, 5.41) is 14.9. The van der Waals surface area contributed by atoms with Gasteiger partial charge in [-0.3, -0.25) is 0 Å². The van der Waals surface area contributed by atoms with Crippen LogP contribution in [0.25, 0.3) is 0 Å². The third-order valence-corrected chi connectivity index (χ3v) is 2.36. The minimum Gasteiger partial charge on any atom is -0.365 e. The van der Waals surface area contributed by atoms with Gasteiger partial charge in [0.2, 0.25) is 0 Å². The molecule has 88 valence electrons. The molecular weight excluding hydrogens is 218 g/mol. The molecule has 0 unspecified atom stereocenters. The van der Waals surface area contributed by atoms with Crippen molar-refractivity contribution in [1.82, 2.24) is 20.2 Å². The maximum atomic E-state index is 5.38. The first kappa shape index (κ1) is 11.1. The lowest BCUT2D eigenvalue weighted by molar-refractivity contribution is 0.573. The van der Waals surface area contributed by atoms with Crippen LogP contribution in [0.5, 0.6) is 0 Å². The Kier molecular flexibility index (Phi) is 2.99. The smallest absolute Gasteiger partial charge is 0.260 e. The van der Waals surface area contributed by atoms with Gasteiger partial charge in [-0.2, -0.15) is 9.90 Å². The number of rotatable bonds is 3. The molecule has 2 aromatic rings. The monoisotopic (exact) mass is 231 g/mol. The number of nitrogens with zero attached hydrogens (tertiary/aromatic N) is 5. The first-order chi connectivity index (χ1) is 8.19. The van der Waals surface area contributed by atoms with Gasteiger partial charge in [0.15, 0.2) is 0 Å². The molecule has 4 N–H and O–H groups in total. The highest BCUT2D eigenvalue weighted by molar-refractivity contribution is 5.98. The maximum Gasteiger partial charge on any atom is 0.260 e. The summed E-state index contributed by atoms with van der Waals surface area (Å²) in [4.78, 5) is 1.44. The summed E-state index contributed by atoms with van der Waals surface area (Å²) in [6, 6.07) is 7.82. The molecule has 0 fully saturated rings. The standard InChI is InChI=1S/C10H13N7/c1-7(13-12)9-4-2-8(3-5-9)6-17-15-10(11)14-16-17/h2-5H,6,12H2,1H3,(H2,11,15). The van der Waals surface area contributed by atoms with Crippen LogP contribution in [0.15, 0.2) is 29.4 Å². The highest BCUT2D eigenvalue weighted by atomic mass is 15.6. The third kappa shape index (κ3) is 2.57. The van der Waals surface area contributed by atoms with Crippen LogP contribution in [-0.2, 0) is 6.54 Å². The average Bonchev–Trinajstić information content (AvgIpc) is 2.75. The van der Waals surface area contributed by atoms with Crippen LogP contribution in [0, 0.1) is 0 Å². The molecule has 0 saturated heterocycles. The number of tetrazole rings is 1. The van der Waals surface area contributed by atoms with Crippen molar-refractivity contribution in [3.63, 3.8) is 0 Å². The predicted octanol–water partition coefficient (Wildman–Crippen LogP) is -0.0137. The van der Waals surface area contributed by atoms with Crippen molar-refractivity contribution in [3.05, 3.63) is 35.4 Å². The van der Waals surface area contributed by atoms with Gasteiger partial charge in [0, 0.05) is 0 Å². The summed E-state index contributed by atoms with van der Waals surface area (Å²) < 4.78 is 0. The van der Waals surface area contributed by atoms with E-state index in [0.717, 1.165) is 16.8 Å². The van der Waals surface area contributed by atoms with Crippen molar-refractivity contribution in [1.29, 1.82) is 0 Å². The van der Waals surface area contributed by atoms with E-state index in [2.05, 4.69) is 20.5 Å². The van der Waals surface area contributed by atoms with E-state index in [0.29, 0.717) is 6.54 Å². The molecule has 0 bridgehead atoms. The van der Waals surface area contributed by atoms with Crippen LogP contribution < -0.4 is 11.6 Å². The SMILES string of the molecule is CC(=NN)c1ccc(Cn2nnc(N)n2)cc1. The van der Waals surface area contributed by atoms with E-state index in [1.165, 1.54) is 4.80 Å². The van der Waals surface area contributed by atoms with Crippen LogP contribution in [0.4, 0.5) is 5.95 Å². The fraction of sp³-hybridized carbons (Fsp3) is 0.200. The largest absolute Gasteiger partial charge is 0.365 e. The van der Waals surface area contributed by atoms with E-state index in [-0.39, 0.29) is 5.95 Å². The zero-order valence-electron chi connectivity index (χ0n) is 9.41.